The molecule has 11 heteroatoms. The predicted octanol–water partition coefficient (Wildman–Crippen LogP) is 5.77. The summed E-state index contributed by atoms with van der Waals surface area (Å²) in [6.07, 6.45) is 4.36. The Bertz CT molecular complexity index is 1780. The van der Waals surface area contributed by atoms with Gasteiger partial charge in [-0.05, 0) is 49.4 Å². The van der Waals surface area contributed by atoms with Crippen LogP contribution >= 0.6 is 23.2 Å². The van der Waals surface area contributed by atoms with E-state index in [0.717, 1.165) is 28.1 Å². The number of carbonyl (C=O) groups excluding carboxylic acids is 1. The molecule has 0 saturated carbocycles. The molecule has 1 unspecified atom stereocenters. The summed E-state index contributed by atoms with van der Waals surface area (Å²) in [6.45, 7) is 1.93. The Morgan fingerprint density at radius 2 is 1.62 bits per heavy atom. The van der Waals surface area contributed by atoms with Crippen LogP contribution < -0.4 is 9.64 Å². The lowest BCUT2D eigenvalue weighted by Crippen LogP contribution is -2.33. The quantitative estimate of drug-likeness (QED) is 0.267. The fraction of sp³-hybridized carbons (Fsp3) is 0.138. The average Bonchev–Trinajstić information content (AvgIpc) is 3.61. The van der Waals surface area contributed by atoms with E-state index in [2.05, 4.69) is 15.3 Å². The number of fused-ring (bicyclic) bond motifs is 1. The van der Waals surface area contributed by atoms with Crippen LogP contribution in [0.4, 0.5) is 5.69 Å². The number of ether oxygens (including phenoxy) is 1. The van der Waals surface area contributed by atoms with E-state index in [1.54, 1.807) is 55.8 Å². The van der Waals surface area contributed by atoms with Crippen LogP contribution in [0, 0.1) is 6.92 Å². The van der Waals surface area contributed by atoms with Gasteiger partial charge in [-0.25, -0.2) is 14.7 Å². The molecule has 1 aliphatic rings. The number of hydrogen-bond donors (Lipinski definition) is 0. The summed E-state index contributed by atoms with van der Waals surface area (Å²) in [4.78, 5) is 24.5. The smallest absolute Gasteiger partial charge is 0.274 e. The lowest BCUT2D eigenvalue weighted by atomic mass is 10.0. The maximum absolute atomic E-state index is 13.7. The number of aryl methyl sites for hydroxylation is 1. The molecule has 2 aromatic heterocycles. The lowest BCUT2D eigenvalue weighted by molar-refractivity contribution is -0.121. The number of nitrogens with zero attached hydrogens (tertiary/aromatic N) is 7. The van der Waals surface area contributed by atoms with Crippen LogP contribution in [0.25, 0.3) is 16.9 Å². The second kappa shape index (κ2) is 10.3. The molecular formula is C29H23Cl2N7O2. The number of benzodiazepines with no additional fused rings is 1. The molecule has 0 saturated heterocycles. The highest BCUT2D eigenvalue weighted by atomic mass is 35.5. The molecule has 0 radical (unpaired) electrons. The highest BCUT2D eigenvalue weighted by molar-refractivity contribution is 6.32. The summed E-state index contributed by atoms with van der Waals surface area (Å²) in [6, 6.07) is 18.4. The second-order valence-electron chi connectivity index (χ2n) is 9.31. The van der Waals surface area contributed by atoms with E-state index in [9.17, 15) is 4.79 Å². The molecule has 0 N–H and O–H groups in total. The third-order valence-corrected chi connectivity index (χ3v) is 7.21. The monoisotopic (exact) mass is 571 g/mol. The highest BCUT2D eigenvalue weighted by Crippen LogP contribution is 2.34. The number of aliphatic imine (C=N–C) groups is 1. The van der Waals surface area contributed by atoms with Crippen LogP contribution in [0.5, 0.6) is 5.75 Å². The number of methoxy groups -OCH3 is 1. The summed E-state index contributed by atoms with van der Waals surface area (Å²) >= 11 is 12.5. The molecule has 200 valence electrons. The van der Waals surface area contributed by atoms with Crippen molar-refractivity contribution in [3.8, 4) is 22.7 Å². The molecule has 1 aliphatic heterocycles. The number of halogens is 2. The first-order valence-corrected chi connectivity index (χ1v) is 13.1. The van der Waals surface area contributed by atoms with Gasteiger partial charge in [-0.1, -0.05) is 46.6 Å². The van der Waals surface area contributed by atoms with Gasteiger partial charge in [0.25, 0.3) is 5.91 Å². The Kier molecular flexibility index (Phi) is 6.61. The summed E-state index contributed by atoms with van der Waals surface area (Å²) in [5.41, 5.74) is 5.87. The van der Waals surface area contributed by atoms with Gasteiger partial charge in [0, 0.05) is 40.0 Å². The number of amides is 1. The molecule has 0 fully saturated rings. The number of likely N-dealkylation sites (N-methyl/N-ethyl adjacent to an activating group) is 1. The van der Waals surface area contributed by atoms with Gasteiger partial charge in [0.05, 0.1) is 42.4 Å². The van der Waals surface area contributed by atoms with Crippen LogP contribution in [-0.4, -0.2) is 50.3 Å². The Balaban J connectivity index is 1.43. The SMILES string of the molecule is COc1cc(-c2cn(C3N=C(c4ccc(Cl)cc4)c4cc(Cl)ccc4N(C)C3=O)nn2)ccc1-n1cnc(C)c1. The van der Waals surface area contributed by atoms with Crippen molar-refractivity contribution in [1.82, 2.24) is 24.5 Å². The molecular weight excluding hydrogens is 549 g/mol. The molecule has 5 aromatic rings. The number of hydrogen-bond acceptors (Lipinski definition) is 6. The minimum atomic E-state index is -1.00. The van der Waals surface area contributed by atoms with Gasteiger partial charge in [-0.2, -0.15) is 0 Å². The number of rotatable bonds is 5. The maximum atomic E-state index is 13.7. The van der Waals surface area contributed by atoms with Gasteiger partial charge in [0.2, 0.25) is 6.17 Å². The number of aromatic nitrogens is 5. The summed E-state index contributed by atoms with van der Waals surface area (Å²) < 4.78 is 9.02. The van der Waals surface area contributed by atoms with E-state index < -0.39 is 6.17 Å². The lowest BCUT2D eigenvalue weighted by Gasteiger charge is -2.20. The molecule has 3 heterocycles. The third-order valence-electron chi connectivity index (χ3n) is 6.72. The molecule has 1 atom stereocenters. The Hall–Kier alpha value is -4.47. The average molecular weight is 572 g/mol. The molecule has 9 nitrogen and oxygen atoms in total. The van der Waals surface area contributed by atoms with Crippen molar-refractivity contribution >= 4 is 40.5 Å². The van der Waals surface area contributed by atoms with E-state index >= 15 is 0 Å². The van der Waals surface area contributed by atoms with Gasteiger partial charge in [0.15, 0.2) is 0 Å². The molecule has 1 amide bonds. The normalized spacial score (nSPS) is 15.0. The van der Waals surface area contributed by atoms with Crippen LogP contribution in [0.15, 0.2) is 84.4 Å². The first-order chi connectivity index (χ1) is 19.3. The number of carbonyl (C=O) groups is 1. The van der Waals surface area contributed by atoms with Crippen molar-refractivity contribution in [3.05, 3.63) is 106 Å². The summed E-state index contributed by atoms with van der Waals surface area (Å²) in [5, 5.41) is 9.81. The Morgan fingerprint density at radius 3 is 2.35 bits per heavy atom. The van der Waals surface area contributed by atoms with E-state index in [1.165, 1.54) is 4.68 Å². The van der Waals surface area contributed by atoms with Gasteiger partial charge < -0.3 is 14.2 Å². The fourth-order valence-electron chi connectivity index (χ4n) is 4.67. The van der Waals surface area contributed by atoms with E-state index in [4.69, 9.17) is 32.9 Å². The van der Waals surface area contributed by atoms with E-state index in [-0.39, 0.29) is 5.91 Å². The topological polar surface area (TPSA) is 90.4 Å². The van der Waals surface area contributed by atoms with Crippen LogP contribution in [0.3, 0.4) is 0 Å². The number of benzene rings is 3. The molecule has 0 spiro atoms. The summed E-state index contributed by atoms with van der Waals surface area (Å²) in [5.74, 6) is 0.373. The first kappa shape index (κ1) is 25.8. The van der Waals surface area contributed by atoms with E-state index in [1.807, 2.05) is 54.1 Å². The molecule has 0 bridgehead atoms. The molecule has 6 rings (SSSR count). The van der Waals surface area contributed by atoms with Crippen molar-refractivity contribution in [2.75, 3.05) is 19.1 Å². The molecule has 40 heavy (non-hydrogen) atoms. The van der Waals surface area contributed by atoms with Crippen LogP contribution in [0.1, 0.15) is 23.0 Å². The Morgan fingerprint density at radius 1 is 0.900 bits per heavy atom. The Labute approximate surface area is 240 Å². The van der Waals surface area contributed by atoms with Crippen molar-refractivity contribution in [2.45, 2.75) is 13.1 Å². The first-order valence-electron chi connectivity index (χ1n) is 12.3. The zero-order valence-corrected chi connectivity index (χ0v) is 23.3. The second-order valence-corrected chi connectivity index (χ2v) is 10.2. The van der Waals surface area contributed by atoms with Gasteiger partial charge in [-0.3, -0.25) is 4.79 Å². The minimum absolute atomic E-state index is 0.271. The zero-order valence-electron chi connectivity index (χ0n) is 21.8. The van der Waals surface area contributed by atoms with Gasteiger partial charge >= 0.3 is 0 Å². The van der Waals surface area contributed by atoms with Crippen LogP contribution in [-0.2, 0) is 4.79 Å². The molecule has 3 aromatic carbocycles. The summed E-state index contributed by atoms with van der Waals surface area (Å²) in [7, 11) is 3.32. The number of imidazole rings is 1. The fourth-order valence-corrected chi connectivity index (χ4v) is 4.97. The van der Waals surface area contributed by atoms with Crippen LogP contribution in [0.2, 0.25) is 10.0 Å². The van der Waals surface area contributed by atoms with Gasteiger partial charge in [-0.15, -0.1) is 5.10 Å². The van der Waals surface area contributed by atoms with Crippen molar-refractivity contribution in [1.29, 1.82) is 0 Å². The van der Waals surface area contributed by atoms with E-state index in [0.29, 0.717) is 32.9 Å². The zero-order chi connectivity index (χ0) is 28.0. The number of anilines is 1. The minimum Gasteiger partial charge on any atom is -0.495 e. The standard InChI is InChI=1S/C29H23Cl2N7O2/c1-17-14-37(16-32-17)25-10-6-19(12-26(25)40-3)23-15-38(35-34-23)28-29(39)36(2)24-11-9-21(31)13-22(24)27(33-28)18-4-7-20(30)8-5-18/h4-16,28H,1-3H3. The maximum Gasteiger partial charge on any atom is 0.274 e. The predicted molar refractivity (Wildman–Crippen MR) is 155 cm³/mol. The van der Waals surface area contributed by atoms with Gasteiger partial charge in [0.1, 0.15) is 11.4 Å². The van der Waals surface area contributed by atoms with Crippen molar-refractivity contribution < 1.29 is 9.53 Å². The van der Waals surface area contributed by atoms with Crippen molar-refractivity contribution in [3.63, 3.8) is 0 Å². The highest BCUT2D eigenvalue weighted by Gasteiger charge is 2.32. The largest absolute Gasteiger partial charge is 0.495 e. The molecule has 0 aliphatic carbocycles. The van der Waals surface area contributed by atoms with Crippen molar-refractivity contribution in [2.24, 2.45) is 4.99 Å². The third kappa shape index (κ3) is 4.63.